The van der Waals surface area contributed by atoms with E-state index < -0.39 is 0 Å². The largest absolute Gasteiger partial charge is 0.497 e. The molecule has 0 radical (unpaired) electrons. The summed E-state index contributed by atoms with van der Waals surface area (Å²) in [7, 11) is 1.54. The number of carbonyl (C=O) groups excluding carboxylic acids is 1. The predicted molar refractivity (Wildman–Crippen MR) is 89.0 cm³/mol. The Labute approximate surface area is 137 Å². The van der Waals surface area contributed by atoms with Gasteiger partial charge in [-0.3, -0.25) is 15.5 Å². The molecular formula is C13H15N5O2S2. The van der Waals surface area contributed by atoms with Crippen molar-refractivity contribution in [1.82, 2.24) is 20.2 Å². The van der Waals surface area contributed by atoms with Crippen molar-refractivity contribution in [2.75, 3.05) is 18.8 Å². The number of thioether (sulfide) groups is 1. The van der Waals surface area contributed by atoms with Crippen molar-refractivity contribution in [3.05, 3.63) is 35.7 Å². The zero-order chi connectivity index (χ0) is 16.1. The van der Waals surface area contributed by atoms with Crippen molar-refractivity contribution < 1.29 is 9.53 Å². The fourth-order valence-corrected chi connectivity index (χ4v) is 2.34. The number of methoxy groups -OCH3 is 1. The second-order valence-electron chi connectivity index (χ2n) is 4.20. The molecule has 0 unspecified atom stereocenters. The number of benzene rings is 1. The summed E-state index contributed by atoms with van der Waals surface area (Å²) in [6.07, 6.45) is 1.87. The summed E-state index contributed by atoms with van der Waals surface area (Å²) in [6, 6.07) is 6.81. The molecule has 2 rings (SSSR count). The fraction of sp³-hybridized carbons (Fsp3) is 0.231. The summed E-state index contributed by atoms with van der Waals surface area (Å²) in [5.74, 6) is 0.918. The van der Waals surface area contributed by atoms with E-state index in [0.29, 0.717) is 22.3 Å². The SMILES string of the molecule is COc1cccc(C(=O)NC(=S)Nn2c(C)nnc2SC)c1. The number of nitrogens with one attached hydrogen (secondary N) is 2. The maximum atomic E-state index is 12.2. The standard InChI is InChI=1S/C13H15N5O2S2/c1-8-15-16-13(22-3)18(8)17-12(21)14-11(19)9-5-4-6-10(7-9)20-2/h4-7H,1-3H3,(H2,14,17,19,21). The minimum atomic E-state index is -0.326. The van der Waals surface area contributed by atoms with Crippen LogP contribution in [-0.2, 0) is 0 Å². The molecule has 1 aromatic heterocycles. The van der Waals surface area contributed by atoms with Crippen LogP contribution in [0.15, 0.2) is 29.4 Å². The molecule has 0 bridgehead atoms. The van der Waals surface area contributed by atoms with Gasteiger partial charge < -0.3 is 4.74 Å². The zero-order valence-corrected chi connectivity index (χ0v) is 13.9. The Morgan fingerprint density at radius 3 is 2.86 bits per heavy atom. The van der Waals surface area contributed by atoms with Crippen LogP contribution in [0.3, 0.4) is 0 Å². The van der Waals surface area contributed by atoms with E-state index in [1.54, 1.807) is 43.0 Å². The third kappa shape index (κ3) is 3.74. The maximum Gasteiger partial charge on any atom is 0.257 e. The number of carbonyl (C=O) groups is 1. The number of hydrogen-bond donors (Lipinski definition) is 2. The van der Waals surface area contributed by atoms with Crippen LogP contribution in [0.1, 0.15) is 16.2 Å². The van der Waals surface area contributed by atoms with Gasteiger partial charge in [0.2, 0.25) is 5.16 Å². The minimum Gasteiger partial charge on any atom is -0.497 e. The van der Waals surface area contributed by atoms with Crippen molar-refractivity contribution in [1.29, 1.82) is 0 Å². The summed E-state index contributed by atoms with van der Waals surface area (Å²) in [5.41, 5.74) is 3.33. The monoisotopic (exact) mass is 337 g/mol. The molecule has 0 aliphatic carbocycles. The third-order valence-electron chi connectivity index (χ3n) is 2.75. The summed E-state index contributed by atoms with van der Waals surface area (Å²) in [4.78, 5) is 12.2. The molecule has 9 heteroatoms. The Hall–Kier alpha value is -2.13. The zero-order valence-electron chi connectivity index (χ0n) is 12.3. The highest BCUT2D eigenvalue weighted by atomic mass is 32.2. The first-order chi connectivity index (χ1) is 10.5. The first-order valence-corrected chi connectivity index (χ1v) is 7.91. The van der Waals surface area contributed by atoms with Gasteiger partial charge in [0.05, 0.1) is 7.11 Å². The average molecular weight is 337 g/mol. The Morgan fingerprint density at radius 2 is 2.18 bits per heavy atom. The number of hydrogen-bond acceptors (Lipinski definition) is 6. The van der Waals surface area contributed by atoms with E-state index in [1.165, 1.54) is 11.8 Å². The van der Waals surface area contributed by atoms with E-state index in [-0.39, 0.29) is 11.0 Å². The molecule has 0 atom stereocenters. The highest BCUT2D eigenvalue weighted by molar-refractivity contribution is 7.98. The number of rotatable bonds is 4. The first-order valence-electron chi connectivity index (χ1n) is 6.27. The molecule has 0 saturated heterocycles. The normalized spacial score (nSPS) is 10.1. The Balaban J connectivity index is 2.05. The molecule has 116 valence electrons. The maximum absolute atomic E-state index is 12.2. The Kier molecular flexibility index (Phi) is 5.34. The Morgan fingerprint density at radius 1 is 1.41 bits per heavy atom. The van der Waals surface area contributed by atoms with Gasteiger partial charge in [-0.15, -0.1) is 10.2 Å². The lowest BCUT2D eigenvalue weighted by molar-refractivity contribution is 0.0977. The lowest BCUT2D eigenvalue weighted by Crippen LogP contribution is -2.38. The summed E-state index contributed by atoms with van der Waals surface area (Å²) < 4.78 is 6.70. The summed E-state index contributed by atoms with van der Waals surface area (Å²) in [5, 5.41) is 11.3. The second-order valence-corrected chi connectivity index (χ2v) is 5.38. The molecule has 2 N–H and O–H groups in total. The van der Waals surface area contributed by atoms with E-state index in [1.807, 2.05) is 6.26 Å². The van der Waals surface area contributed by atoms with Crippen LogP contribution in [0.5, 0.6) is 5.75 Å². The van der Waals surface area contributed by atoms with Crippen molar-refractivity contribution in [3.63, 3.8) is 0 Å². The van der Waals surface area contributed by atoms with Crippen molar-refractivity contribution >= 4 is 35.0 Å². The molecule has 0 fully saturated rings. The molecule has 0 aliphatic heterocycles. The van der Waals surface area contributed by atoms with Gasteiger partial charge in [0.15, 0.2) is 5.11 Å². The number of thiocarbonyl (C=S) groups is 1. The fourth-order valence-electron chi connectivity index (χ4n) is 1.67. The van der Waals surface area contributed by atoms with E-state index in [0.717, 1.165) is 0 Å². The molecule has 1 heterocycles. The van der Waals surface area contributed by atoms with Gasteiger partial charge in [0.1, 0.15) is 11.6 Å². The predicted octanol–water partition coefficient (Wildman–Crippen LogP) is 1.58. The van der Waals surface area contributed by atoms with Gasteiger partial charge in [-0.25, -0.2) is 4.68 Å². The topological polar surface area (TPSA) is 81.1 Å². The second kappa shape index (κ2) is 7.23. The van der Waals surface area contributed by atoms with Crippen LogP contribution in [0, 0.1) is 6.92 Å². The van der Waals surface area contributed by atoms with Crippen LogP contribution in [0.25, 0.3) is 0 Å². The van der Waals surface area contributed by atoms with Crippen molar-refractivity contribution in [2.24, 2.45) is 0 Å². The number of nitrogens with zero attached hydrogens (tertiary/aromatic N) is 3. The molecule has 0 saturated carbocycles. The molecule has 2 aromatic rings. The summed E-state index contributed by atoms with van der Waals surface area (Å²) >= 11 is 6.56. The van der Waals surface area contributed by atoms with Gasteiger partial charge >= 0.3 is 0 Å². The number of ether oxygens (including phenoxy) is 1. The van der Waals surface area contributed by atoms with Crippen LogP contribution < -0.4 is 15.5 Å². The quantitative estimate of drug-likeness (QED) is 0.647. The Bertz CT molecular complexity index is 701. The highest BCUT2D eigenvalue weighted by Crippen LogP contribution is 2.13. The van der Waals surface area contributed by atoms with Crippen LogP contribution in [-0.4, -0.2) is 39.3 Å². The van der Waals surface area contributed by atoms with Crippen LogP contribution in [0.2, 0.25) is 0 Å². The molecule has 0 aliphatic rings. The average Bonchev–Trinajstić information content (AvgIpc) is 2.87. The van der Waals surface area contributed by atoms with Crippen molar-refractivity contribution in [2.45, 2.75) is 12.1 Å². The number of aryl methyl sites for hydroxylation is 1. The molecular weight excluding hydrogens is 322 g/mol. The molecule has 1 aromatic carbocycles. The van der Waals surface area contributed by atoms with Gasteiger partial charge in [0.25, 0.3) is 5.91 Å². The molecule has 7 nitrogen and oxygen atoms in total. The van der Waals surface area contributed by atoms with E-state index >= 15 is 0 Å². The van der Waals surface area contributed by atoms with Crippen LogP contribution in [0.4, 0.5) is 0 Å². The highest BCUT2D eigenvalue weighted by Gasteiger charge is 2.12. The third-order valence-corrected chi connectivity index (χ3v) is 3.57. The van der Waals surface area contributed by atoms with E-state index in [9.17, 15) is 4.79 Å². The summed E-state index contributed by atoms with van der Waals surface area (Å²) in [6.45, 7) is 1.78. The lowest BCUT2D eigenvalue weighted by Gasteiger charge is -2.12. The van der Waals surface area contributed by atoms with Gasteiger partial charge in [0, 0.05) is 5.56 Å². The van der Waals surface area contributed by atoms with Crippen molar-refractivity contribution in [3.8, 4) is 5.75 Å². The number of aromatic nitrogens is 3. The smallest absolute Gasteiger partial charge is 0.257 e. The van der Waals surface area contributed by atoms with E-state index in [2.05, 4.69) is 20.9 Å². The minimum absolute atomic E-state index is 0.158. The lowest BCUT2D eigenvalue weighted by atomic mass is 10.2. The first kappa shape index (κ1) is 16.2. The van der Waals surface area contributed by atoms with Gasteiger partial charge in [-0.05, 0) is 43.6 Å². The molecule has 0 spiro atoms. The molecule has 1 amide bonds. The van der Waals surface area contributed by atoms with Gasteiger partial charge in [-0.1, -0.05) is 17.8 Å². The number of amides is 1. The van der Waals surface area contributed by atoms with E-state index in [4.69, 9.17) is 17.0 Å². The van der Waals surface area contributed by atoms with Crippen LogP contribution >= 0.6 is 24.0 Å². The molecule has 22 heavy (non-hydrogen) atoms. The van der Waals surface area contributed by atoms with Gasteiger partial charge in [-0.2, -0.15) is 0 Å².